The molecule has 0 spiro atoms. The number of rotatable bonds is 2. The molecule has 0 aromatic rings. The molecule has 0 N–H and O–H groups in total. The van der Waals surface area contributed by atoms with Crippen LogP contribution in [-0.2, 0) is 9.53 Å². The third-order valence-electron chi connectivity index (χ3n) is 2.06. The predicted molar refractivity (Wildman–Crippen MR) is 46.8 cm³/mol. The van der Waals surface area contributed by atoms with Gasteiger partial charge in [0, 0.05) is 13.1 Å². The summed E-state index contributed by atoms with van der Waals surface area (Å²) in [6.07, 6.45) is 1.64. The first-order valence-corrected chi connectivity index (χ1v) is 4.65. The number of halogens is 1. The molecule has 12 heavy (non-hydrogen) atoms. The number of ether oxygens (including phenoxy) is 1. The van der Waals surface area contributed by atoms with Gasteiger partial charge in [0.1, 0.15) is 0 Å². The average molecular weight is 192 g/mol. The van der Waals surface area contributed by atoms with Gasteiger partial charge in [0.2, 0.25) is 0 Å². The summed E-state index contributed by atoms with van der Waals surface area (Å²) in [5, 5.41) is 0. The van der Waals surface area contributed by atoms with E-state index in [1.165, 1.54) is 0 Å². The summed E-state index contributed by atoms with van der Waals surface area (Å²) in [4.78, 5) is 11.2. The molecular weight excluding hydrogens is 178 g/mol. The van der Waals surface area contributed by atoms with Crippen LogP contribution in [0.25, 0.3) is 0 Å². The molecule has 70 valence electrons. The van der Waals surface area contributed by atoms with Crippen LogP contribution in [0.4, 0.5) is 0 Å². The monoisotopic (exact) mass is 191 g/mol. The fraction of sp³-hybridized carbons (Fsp3) is 0.875. The van der Waals surface area contributed by atoms with Crippen LogP contribution in [0.5, 0.6) is 0 Å². The van der Waals surface area contributed by atoms with Crippen molar-refractivity contribution in [3.8, 4) is 0 Å². The highest BCUT2D eigenvalue weighted by Gasteiger charge is 2.24. The molecule has 0 saturated carbocycles. The Morgan fingerprint density at radius 2 is 2.17 bits per heavy atom. The second kappa shape index (κ2) is 4.67. The summed E-state index contributed by atoms with van der Waals surface area (Å²) < 4.78 is 6.63. The molecule has 1 rings (SSSR count). The number of piperidine rings is 1. The highest BCUT2D eigenvalue weighted by atomic mass is 35.5. The highest BCUT2D eigenvalue weighted by molar-refractivity contribution is 6.13. The van der Waals surface area contributed by atoms with Gasteiger partial charge in [-0.3, -0.25) is 4.79 Å². The third-order valence-corrected chi connectivity index (χ3v) is 2.40. The van der Waals surface area contributed by atoms with Crippen molar-refractivity contribution in [2.45, 2.75) is 19.8 Å². The van der Waals surface area contributed by atoms with Crippen LogP contribution in [0, 0.1) is 5.92 Å². The predicted octanol–water partition coefficient (Wildman–Crippen LogP) is 1.42. The molecule has 0 aromatic carbocycles. The molecule has 0 bridgehead atoms. The minimum Gasteiger partial charge on any atom is -0.466 e. The van der Waals surface area contributed by atoms with E-state index >= 15 is 0 Å². The first-order chi connectivity index (χ1) is 5.74. The lowest BCUT2D eigenvalue weighted by molar-refractivity contribution is -0.149. The van der Waals surface area contributed by atoms with E-state index in [4.69, 9.17) is 16.5 Å². The van der Waals surface area contributed by atoms with Gasteiger partial charge < -0.3 is 4.74 Å². The summed E-state index contributed by atoms with van der Waals surface area (Å²) in [7, 11) is 0. The smallest absolute Gasteiger partial charge is 0.309 e. The standard InChI is InChI=1S/C8H14ClNO2/c1-2-12-8(11)7-3-5-10(9)6-4-7/h7H,2-6H2,1H3. The lowest BCUT2D eigenvalue weighted by atomic mass is 9.98. The Kier molecular flexibility index (Phi) is 3.82. The van der Waals surface area contributed by atoms with Crippen LogP contribution >= 0.6 is 11.8 Å². The molecule has 1 fully saturated rings. The summed E-state index contributed by atoms with van der Waals surface area (Å²) in [6, 6.07) is 0. The number of carbonyl (C=O) groups is 1. The topological polar surface area (TPSA) is 29.5 Å². The van der Waals surface area contributed by atoms with E-state index in [0.717, 1.165) is 25.9 Å². The second-order valence-corrected chi connectivity index (χ2v) is 3.41. The van der Waals surface area contributed by atoms with Crippen molar-refractivity contribution in [3.63, 3.8) is 0 Å². The molecule has 0 aromatic heterocycles. The molecule has 0 atom stereocenters. The third kappa shape index (κ3) is 2.64. The summed E-state index contributed by atoms with van der Waals surface area (Å²) >= 11 is 5.74. The van der Waals surface area contributed by atoms with Gasteiger partial charge >= 0.3 is 5.97 Å². The zero-order valence-electron chi connectivity index (χ0n) is 7.25. The Balaban J connectivity index is 2.29. The summed E-state index contributed by atoms with van der Waals surface area (Å²) in [5.74, 6) is 0.00205. The number of hydrogen-bond donors (Lipinski definition) is 0. The quantitative estimate of drug-likeness (QED) is 0.489. The Bertz CT molecular complexity index is 155. The van der Waals surface area contributed by atoms with Gasteiger partial charge in [-0.05, 0) is 31.5 Å². The fourth-order valence-corrected chi connectivity index (χ4v) is 1.54. The lowest BCUT2D eigenvalue weighted by Gasteiger charge is -2.25. The SMILES string of the molecule is CCOC(=O)C1CCN(Cl)CC1. The molecule has 1 aliphatic heterocycles. The molecular formula is C8H14ClNO2. The molecule has 4 heteroatoms. The van der Waals surface area contributed by atoms with Gasteiger partial charge in [0.15, 0.2) is 0 Å². The zero-order valence-corrected chi connectivity index (χ0v) is 8.01. The molecule has 0 radical (unpaired) electrons. The molecule has 0 unspecified atom stereocenters. The van der Waals surface area contributed by atoms with Crippen molar-refractivity contribution >= 4 is 17.7 Å². The van der Waals surface area contributed by atoms with Gasteiger partial charge in [-0.15, -0.1) is 0 Å². The molecule has 1 heterocycles. The minimum atomic E-state index is -0.0673. The van der Waals surface area contributed by atoms with E-state index in [0.29, 0.717) is 6.61 Å². The summed E-state index contributed by atoms with van der Waals surface area (Å²) in [5.41, 5.74) is 0. The lowest BCUT2D eigenvalue weighted by Crippen LogP contribution is -2.31. The van der Waals surface area contributed by atoms with Gasteiger partial charge in [-0.1, -0.05) is 0 Å². The number of hydrogen-bond acceptors (Lipinski definition) is 3. The van der Waals surface area contributed by atoms with E-state index in [1.807, 2.05) is 6.92 Å². The zero-order chi connectivity index (χ0) is 8.97. The largest absolute Gasteiger partial charge is 0.466 e. The molecule has 3 nitrogen and oxygen atoms in total. The van der Waals surface area contributed by atoms with Crippen molar-refractivity contribution in [3.05, 3.63) is 0 Å². The van der Waals surface area contributed by atoms with Crippen molar-refractivity contribution in [1.29, 1.82) is 0 Å². The first kappa shape index (κ1) is 9.81. The normalized spacial score (nSPS) is 20.8. The van der Waals surface area contributed by atoms with Gasteiger partial charge in [0.05, 0.1) is 12.5 Å². The van der Waals surface area contributed by atoms with Crippen LogP contribution in [0.1, 0.15) is 19.8 Å². The fourth-order valence-electron chi connectivity index (χ4n) is 1.34. The van der Waals surface area contributed by atoms with Crippen LogP contribution < -0.4 is 0 Å². The minimum absolute atomic E-state index is 0.0673. The van der Waals surface area contributed by atoms with Crippen molar-refractivity contribution in [2.75, 3.05) is 19.7 Å². The maximum atomic E-state index is 11.2. The van der Waals surface area contributed by atoms with Crippen LogP contribution in [0.15, 0.2) is 0 Å². The number of carbonyl (C=O) groups excluding carboxylic acids is 1. The molecule has 0 amide bonds. The van der Waals surface area contributed by atoms with E-state index in [1.54, 1.807) is 4.42 Å². The first-order valence-electron chi connectivity index (χ1n) is 4.31. The van der Waals surface area contributed by atoms with E-state index < -0.39 is 0 Å². The average Bonchev–Trinajstić information content (AvgIpc) is 2.06. The maximum absolute atomic E-state index is 11.2. The Labute approximate surface area is 77.7 Å². The maximum Gasteiger partial charge on any atom is 0.309 e. The second-order valence-electron chi connectivity index (χ2n) is 2.94. The number of esters is 1. The molecule has 1 aliphatic rings. The van der Waals surface area contributed by atoms with E-state index in [-0.39, 0.29) is 11.9 Å². The summed E-state index contributed by atoms with van der Waals surface area (Å²) in [6.45, 7) is 3.87. The van der Waals surface area contributed by atoms with E-state index in [9.17, 15) is 4.79 Å². The van der Waals surface area contributed by atoms with Crippen molar-refractivity contribution < 1.29 is 9.53 Å². The van der Waals surface area contributed by atoms with Crippen molar-refractivity contribution in [2.24, 2.45) is 5.92 Å². The van der Waals surface area contributed by atoms with E-state index in [2.05, 4.69) is 0 Å². The van der Waals surface area contributed by atoms with Gasteiger partial charge in [0.25, 0.3) is 0 Å². The van der Waals surface area contributed by atoms with Gasteiger partial charge in [-0.25, -0.2) is 4.42 Å². The van der Waals surface area contributed by atoms with Crippen LogP contribution in [0.2, 0.25) is 0 Å². The molecule has 0 aliphatic carbocycles. The van der Waals surface area contributed by atoms with Crippen LogP contribution in [0.3, 0.4) is 0 Å². The highest BCUT2D eigenvalue weighted by Crippen LogP contribution is 2.19. The Morgan fingerprint density at radius 3 is 2.67 bits per heavy atom. The van der Waals surface area contributed by atoms with Crippen LogP contribution in [-0.4, -0.2) is 30.1 Å². The number of nitrogens with zero attached hydrogens (tertiary/aromatic N) is 1. The Hall–Kier alpha value is -0.280. The Morgan fingerprint density at radius 1 is 1.58 bits per heavy atom. The van der Waals surface area contributed by atoms with Gasteiger partial charge in [-0.2, -0.15) is 0 Å². The molecule has 1 saturated heterocycles. The van der Waals surface area contributed by atoms with Crippen molar-refractivity contribution in [1.82, 2.24) is 4.42 Å².